The van der Waals surface area contributed by atoms with E-state index in [0.717, 1.165) is 55.9 Å². The SMILES string of the molecule is CCOC(CNC(=O)C1CCN(Cc2nc(-c3ccc(CC)cc3)oc2C)CC1)OCC. The van der Waals surface area contributed by atoms with Crippen LogP contribution in [-0.2, 0) is 27.2 Å². The van der Waals surface area contributed by atoms with Crippen molar-refractivity contribution >= 4 is 5.91 Å². The van der Waals surface area contributed by atoms with Crippen LogP contribution in [-0.4, -0.2) is 54.9 Å². The summed E-state index contributed by atoms with van der Waals surface area (Å²) >= 11 is 0. The normalized spacial score (nSPS) is 15.4. The van der Waals surface area contributed by atoms with E-state index in [2.05, 4.69) is 41.4 Å². The van der Waals surface area contributed by atoms with Crippen molar-refractivity contribution in [1.29, 1.82) is 0 Å². The smallest absolute Gasteiger partial charge is 0.226 e. The maximum absolute atomic E-state index is 12.6. The first-order chi connectivity index (χ1) is 15.5. The zero-order valence-corrected chi connectivity index (χ0v) is 19.9. The lowest BCUT2D eigenvalue weighted by Gasteiger charge is -2.31. The van der Waals surface area contributed by atoms with E-state index in [1.807, 2.05) is 20.8 Å². The topological polar surface area (TPSA) is 76.8 Å². The molecule has 7 heteroatoms. The second-order valence-electron chi connectivity index (χ2n) is 8.21. The summed E-state index contributed by atoms with van der Waals surface area (Å²) < 4.78 is 16.9. The number of benzene rings is 1. The van der Waals surface area contributed by atoms with Crippen LogP contribution in [0.3, 0.4) is 0 Å². The van der Waals surface area contributed by atoms with Crippen molar-refractivity contribution in [3.63, 3.8) is 0 Å². The molecule has 0 saturated carbocycles. The molecule has 1 aliphatic heterocycles. The molecule has 1 saturated heterocycles. The first-order valence-corrected chi connectivity index (χ1v) is 11.8. The molecular formula is C25H37N3O4. The Morgan fingerprint density at radius 1 is 1.16 bits per heavy atom. The Morgan fingerprint density at radius 3 is 2.41 bits per heavy atom. The average molecular weight is 444 g/mol. The number of carbonyl (C=O) groups excluding carboxylic acids is 1. The van der Waals surface area contributed by atoms with Crippen LogP contribution in [0.2, 0.25) is 0 Å². The molecule has 32 heavy (non-hydrogen) atoms. The van der Waals surface area contributed by atoms with Gasteiger partial charge in [-0.25, -0.2) is 4.98 Å². The van der Waals surface area contributed by atoms with E-state index in [9.17, 15) is 4.79 Å². The Balaban J connectivity index is 1.48. The lowest BCUT2D eigenvalue weighted by molar-refractivity contribution is -0.142. The number of hydrogen-bond acceptors (Lipinski definition) is 6. The van der Waals surface area contributed by atoms with Crippen molar-refractivity contribution in [2.75, 3.05) is 32.8 Å². The minimum Gasteiger partial charge on any atom is -0.441 e. The Labute approximate surface area is 191 Å². The van der Waals surface area contributed by atoms with Crippen molar-refractivity contribution < 1.29 is 18.7 Å². The van der Waals surface area contributed by atoms with Crippen molar-refractivity contribution in [3.05, 3.63) is 41.3 Å². The van der Waals surface area contributed by atoms with Gasteiger partial charge in [0.25, 0.3) is 0 Å². The summed E-state index contributed by atoms with van der Waals surface area (Å²) in [6.07, 6.45) is 2.31. The molecular weight excluding hydrogens is 406 g/mol. The van der Waals surface area contributed by atoms with Gasteiger partial charge in [-0.05, 0) is 70.8 Å². The summed E-state index contributed by atoms with van der Waals surface area (Å²) in [7, 11) is 0. The second kappa shape index (κ2) is 12.1. The highest BCUT2D eigenvalue weighted by Gasteiger charge is 2.26. The number of nitrogens with one attached hydrogen (secondary N) is 1. The Bertz CT molecular complexity index is 835. The van der Waals surface area contributed by atoms with E-state index in [1.165, 1.54) is 5.56 Å². The molecule has 1 amide bonds. The van der Waals surface area contributed by atoms with Crippen molar-refractivity contribution in [2.45, 2.75) is 59.8 Å². The molecule has 2 aromatic rings. The van der Waals surface area contributed by atoms with E-state index in [-0.39, 0.29) is 18.1 Å². The van der Waals surface area contributed by atoms with Crippen molar-refractivity contribution in [2.24, 2.45) is 5.92 Å². The van der Waals surface area contributed by atoms with E-state index < -0.39 is 0 Å². The highest BCUT2D eigenvalue weighted by molar-refractivity contribution is 5.78. The number of hydrogen-bond donors (Lipinski definition) is 1. The number of aromatic nitrogens is 1. The zero-order chi connectivity index (χ0) is 22.9. The maximum atomic E-state index is 12.6. The predicted molar refractivity (Wildman–Crippen MR) is 124 cm³/mol. The maximum Gasteiger partial charge on any atom is 0.226 e. The first-order valence-electron chi connectivity index (χ1n) is 11.8. The molecule has 2 heterocycles. The summed E-state index contributed by atoms with van der Waals surface area (Å²) in [6.45, 7) is 12.0. The average Bonchev–Trinajstić information content (AvgIpc) is 3.18. The van der Waals surface area contributed by atoms with Crippen LogP contribution < -0.4 is 5.32 Å². The monoisotopic (exact) mass is 443 g/mol. The van der Waals surface area contributed by atoms with Gasteiger partial charge in [0.15, 0.2) is 6.29 Å². The number of carbonyl (C=O) groups is 1. The second-order valence-corrected chi connectivity index (χ2v) is 8.21. The number of ether oxygens (including phenoxy) is 2. The molecule has 1 aromatic heterocycles. The molecule has 1 fully saturated rings. The van der Waals surface area contributed by atoms with Gasteiger partial charge in [-0.3, -0.25) is 9.69 Å². The fraction of sp³-hybridized carbons (Fsp3) is 0.600. The van der Waals surface area contributed by atoms with E-state index in [1.54, 1.807) is 0 Å². The van der Waals surface area contributed by atoms with Crippen LogP contribution in [0.25, 0.3) is 11.5 Å². The van der Waals surface area contributed by atoms with Gasteiger partial charge in [-0.15, -0.1) is 0 Å². The van der Waals surface area contributed by atoms with Crippen molar-refractivity contribution in [3.8, 4) is 11.5 Å². The minimum atomic E-state index is -0.378. The first kappa shape index (κ1) is 24.4. The van der Waals surface area contributed by atoms with Gasteiger partial charge in [0, 0.05) is 31.2 Å². The molecule has 1 N–H and O–H groups in total. The summed E-state index contributed by atoms with van der Waals surface area (Å²) in [5.74, 6) is 1.65. The van der Waals surface area contributed by atoms with Gasteiger partial charge in [0.05, 0.1) is 12.2 Å². The van der Waals surface area contributed by atoms with Crippen LogP contribution in [0, 0.1) is 12.8 Å². The van der Waals surface area contributed by atoms with E-state index in [0.29, 0.717) is 25.6 Å². The third-order valence-corrected chi connectivity index (χ3v) is 5.98. The number of piperidine rings is 1. The molecule has 0 spiro atoms. The highest BCUT2D eigenvalue weighted by Crippen LogP contribution is 2.25. The Morgan fingerprint density at radius 2 is 1.81 bits per heavy atom. The number of amides is 1. The van der Waals surface area contributed by atoms with Crippen LogP contribution in [0.15, 0.2) is 28.7 Å². The third-order valence-electron chi connectivity index (χ3n) is 5.98. The van der Waals surface area contributed by atoms with Gasteiger partial charge in [-0.2, -0.15) is 0 Å². The summed E-state index contributed by atoms with van der Waals surface area (Å²) in [5, 5.41) is 2.99. The van der Waals surface area contributed by atoms with Gasteiger partial charge in [0.1, 0.15) is 5.76 Å². The largest absolute Gasteiger partial charge is 0.441 e. The summed E-state index contributed by atoms with van der Waals surface area (Å²) in [6, 6.07) is 8.38. The number of likely N-dealkylation sites (tertiary alicyclic amines) is 1. The lowest BCUT2D eigenvalue weighted by atomic mass is 9.96. The van der Waals surface area contributed by atoms with Crippen molar-refractivity contribution in [1.82, 2.24) is 15.2 Å². The van der Waals surface area contributed by atoms with E-state index >= 15 is 0 Å². The Hall–Kier alpha value is -2.22. The van der Waals surface area contributed by atoms with Gasteiger partial charge >= 0.3 is 0 Å². The lowest BCUT2D eigenvalue weighted by Crippen LogP contribution is -2.43. The molecule has 1 aliphatic rings. The third kappa shape index (κ3) is 6.64. The Kier molecular flexibility index (Phi) is 9.26. The van der Waals surface area contributed by atoms with Gasteiger partial charge < -0.3 is 19.2 Å². The fourth-order valence-corrected chi connectivity index (χ4v) is 4.01. The molecule has 0 atom stereocenters. The number of aryl methyl sites for hydroxylation is 2. The standard InChI is InChI=1S/C25H37N3O4/c1-5-19-8-10-21(11-9-19)25-27-22(18(4)32-25)17-28-14-12-20(13-15-28)24(29)26-16-23(30-6-2)31-7-3/h8-11,20,23H,5-7,12-17H2,1-4H3,(H,26,29). The quantitative estimate of drug-likeness (QED) is 0.530. The van der Waals surface area contributed by atoms with Crippen LogP contribution in [0.4, 0.5) is 0 Å². The molecule has 176 valence electrons. The molecule has 7 nitrogen and oxygen atoms in total. The molecule has 3 rings (SSSR count). The van der Waals surface area contributed by atoms with Gasteiger partial charge in [-0.1, -0.05) is 19.1 Å². The molecule has 0 bridgehead atoms. The summed E-state index contributed by atoms with van der Waals surface area (Å²) in [5.41, 5.74) is 3.28. The highest BCUT2D eigenvalue weighted by atomic mass is 16.7. The van der Waals surface area contributed by atoms with Crippen LogP contribution >= 0.6 is 0 Å². The minimum absolute atomic E-state index is 0.0289. The van der Waals surface area contributed by atoms with E-state index in [4.69, 9.17) is 18.9 Å². The molecule has 0 aliphatic carbocycles. The zero-order valence-electron chi connectivity index (χ0n) is 19.9. The van der Waals surface area contributed by atoms with Crippen LogP contribution in [0.5, 0.6) is 0 Å². The number of oxazole rings is 1. The summed E-state index contributed by atoms with van der Waals surface area (Å²) in [4.78, 5) is 19.7. The number of rotatable bonds is 11. The predicted octanol–water partition coefficient (Wildman–Crippen LogP) is 3.94. The molecule has 0 radical (unpaired) electrons. The van der Waals surface area contributed by atoms with Gasteiger partial charge in [0.2, 0.25) is 11.8 Å². The number of nitrogens with zero attached hydrogens (tertiary/aromatic N) is 2. The molecule has 1 aromatic carbocycles. The fourth-order valence-electron chi connectivity index (χ4n) is 4.01. The molecule has 0 unspecified atom stereocenters. The van der Waals surface area contributed by atoms with Crippen LogP contribution in [0.1, 0.15) is 50.6 Å².